The summed E-state index contributed by atoms with van der Waals surface area (Å²) in [4.78, 5) is 11.2. The van der Waals surface area contributed by atoms with E-state index >= 15 is 0 Å². The van der Waals surface area contributed by atoms with Crippen LogP contribution in [0.3, 0.4) is 0 Å². The topological polar surface area (TPSA) is 26.3 Å². The molecule has 0 unspecified atom stereocenters. The van der Waals surface area contributed by atoms with Crippen molar-refractivity contribution in [3.63, 3.8) is 0 Å². The summed E-state index contributed by atoms with van der Waals surface area (Å²) in [6, 6.07) is 0. The summed E-state index contributed by atoms with van der Waals surface area (Å²) >= 11 is 0. The van der Waals surface area contributed by atoms with Gasteiger partial charge >= 0.3 is 5.97 Å². The van der Waals surface area contributed by atoms with Gasteiger partial charge in [0.15, 0.2) is 0 Å². The lowest BCUT2D eigenvalue weighted by Gasteiger charge is -2.19. The summed E-state index contributed by atoms with van der Waals surface area (Å²) in [7, 11) is 0. The number of ether oxygens (including phenoxy) is 1. The van der Waals surface area contributed by atoms with E-state index in [-0.39, 0.29) is 11.6 Å². The number of carbonyl (C=O) groups excluding carboxylic acids is 1. The van der Waals surface area contributed by atoms with E-state index < -0.39 is 0 Å². The zero-order valence-electron chi connectivity index (χ0n) is 9.31. The fourth-order valence-corrected chi connectivity index (χ4v) is 0.836. The quantitative estimate of drug-likeness (QED) is 0.497. The van der Waals surface area contributed by atoms with E-state index in [0.29, 0.717) is 6.42 Å². The Bertz CT molecular complexity index is 197. The van der Waals surface area contributed by atoms with E-state index in [2.05, 4.69) is 0 Å². The Kier molecular flexibility index (Phi) is 4.74. The van der Waals surface area contributed by atoms with E-state index in [9.17, 15) is 4.79 Å². The Morgan fingerprint density at radius 2 is 1.85 bits per heavy atom. The maximum Gasteiger partial charge on any atom is 0.306 e. The monoisotopic (exact) mass is 184 g/mol. The third-order valence-corrected chi connectivity index (χ3v) is 1.64. The molecule has 0 aliphatic carbocycles. The maximum atomic E-state index is 11.2. The molecule has 0 aliphatic heterocycles. The average molecular weight is 184 g/mol. The van der Waals surface area contributed by atoms with Crippen molar-refractivity contribution in [2.24, 2.45) is 0 Å². The molecule has 0 saturated carbocycles. The molecular formula is C11H20O2. The number of rotatable bonds is 3. The van der Waals surface area contributed by atoms with Gasteiger partial charge < -0.3 is 4.74 Å². The van der Waals surface area contributed by atoms with Crippen LogP contribution in [0.1, 0.15) is 47.5 Å². The normalized spacial score (nSPS) is 12.8. The smallest absolute Gasteiger partial charge is 0.306 e. The van der Waals surface area contributed by atoms with Crippen molar-refractivity contribution in [2.75, 3.05) is 0 Å². The second-order valence-electron chi connectivity index (χ2n) is 4.22. The Labute approximate surface area is 81.0 Å². The molecule has 0 N–H and O–H groups in total. The molecule has 76 valence electrons. The predicted molar refractivity (Wildman–Crippen MR) is 54.5 cm³/mol. The lowest BCUT2D eigenvalue weighted by atomic mass is 10.1. The van der Waals surface area contributed by atoms with Gasteiger partial charge in [-0.05, 0) is 41.0 Å². The van der Waals surface area contributed by atoms with E-state index in [0.717, 1.165) is 6.42 Å². The number of carbonyl (C=O) groups is 1. The molecule has 2 heteroatoms. The molecule has 0 aromatic rings. The van der Waals surface area contributed by atoms with Crippen LogP contribution in [0.5, 0.6) is 0 Å². The molecule has 0 radical (unpaired) electrons. The Hall–Kier alpha value is -0.790. The minimum absolute atomic E-state index is 0.117. The first-order chi connectivity index (χ1) is 5.85. The molecule has 0 bridgehead atoms. The number of hydrogen-bond acceptors (Lipinski definition) is 2. The average Bonchev–Trinajstić information content (AvgIpc) is 1.97. The van der Waals surface area contributed by atoms with E-state index in [4.69, 9.17) is 4.74 Å². The zero-order chi connectivity index (χ0) is 10.5. The molecular weight excluding hydrogens is 164 g/mol. The van der Waals surface area contributed by atoms with Gasteiger partial charge in [-0.2, -0.15) is 0 Å². The van der Waals surface area contributed by atoms with Crippen molar-refractivity contribution in [1.29, 1.82) is 0 Å². The highest BCUT2D eigenvalue weighted by Crippen LogP contribution is 2.11. The van der Waals surface area contributed by atoms with Crippen LogP contribution < -0.4 is 0 Å². The maximum absolute atomic E-state index is 11.2. The lowest BCUT2D eigenvalue weighted by Crippen LogP contribution is -2.23. The van der Waals surface area contributed by atoms with Gasteiger partial charge in [-0.25, -0.2) is 0 Å². The first-order valence-corrected chi connectivity index (χ1v) is 4.69. The molecule has 0 fully saturated rings. The highest BCUT2D eigenvalue weighted by molar-refractivity contribution is 5.70. The molecule has 13 heavy (non-hydrogen) atoms. The first-order valence-electron chi connectivity index (χ1n) is 4.69. The zero-order valence-corrected chi connectivity index (χ0v) is 9.31. The first kappa shape index (κ1) is 12.2. The summed E-state index contributed by atoms with van der Waals surface area (Å²) in [5.74, 6) is -0.117. The van der Waals surface area contributed by atoms with E-state index in [1.807, 2.05) is 40.7 Å². The molecule has 0 spiro atoms. The standard InChI is InChI=1S/C11H20O2/c1-6-9(2)7-8-10(12)13-11(3,4)5/h6H,7-8H2,1-5H3. The van der Waals surface area contributed by atoms with Gasteiger partial charge in [0.25, 0.3) is 0 Å². The lowest BCUT2D eigenvalue weighted by molar-refractivity contribution is -0.154. The molecule has 0 aliphatic rings. The highest BCUT2D eigenvalue weighted by atomic mass is 16.6. The molecule has 0 aromatic heterocycles. The van der Waals surface area contributed by atoms with Crippen LogP contribution >= 0.6 is 0 Å². The van der Waals surface area contributed by atoms with Gasteiger partial charge in [0.05, 0.1) is 0 Å². The molecule has 0 atom stereocenters. The van der Waals surface area contributed by atoms with Gasteiger partial charge in [-0.15, -0.1) is 0 Å². The fraction of sp³-hybridized carbons (Fsp3) is 0.727. The third kappa shape index (κ3) is 7.57. The Morgan fingerprint density at radius 3 is 2.23 bits per heavy atom. The summed E-state index contributed by atoms with van der Waals surface area (Å²) in [6.07, 6.45) is 3.29. The minimum atomic E-state index is -0.360. The van der Waals surface area contributed by atoms with E-state index in [1.54, 1.807) is 0 Å². The summed E-state index contributed by atoms with van der Waals surface area (Å²) in [5, 5.41) is 0. The van der Waals surface area contributed by atoms with Crippen molar-refractivity contribution in [2.45, 2.75) is 53.1 Å². The highest BCUT2D eigenvalue weighted by Gasteiger charge is 2.15. The molecule has 0 aromatic carbocycles. The molecule has 0 heterocycles. The number of hydrogen-bond donors (Lipinski definition) is 0. The van der Waals surface area contributed by atoms with Crippen LogP contribution in [-0.2, 0) is 9.53 Å². The fourth-order valence-electron chi connectivity index (χ4n) is 0.836. The Balaban J connectivity index is 3.77. The predicted octanol–water partition coefficient (Wildman–Crippen LogP) is 3.07. The van der Waals surface area contributed by atoms with Gasteiger partial charge in [0.2, 0.25) is 0 Å². The SMILES string of the molecule is CC=C(C)CCC(=O)OC(C)(C)C. The van der Waals surface area contributed by atoms with Crippen molar-refractivity contribution in [1.82, 2.24) is 0 Å². The molecule has 2 nitrogen and oxygen atoms in total. The van der Waals surface area contributed by atoms with Crippen molar-refractivity contribution < 1.29 is 9.53 Å². The van der Waals surface area contributed by atoms with Crippen LogP contribution in [0, 0.1) is 0 Å². The summed E-state index contributed by atoms with van der Waals surface area (Å²) in [5.41, 5.74) is 0.867. The van der Waals surface area contributed by atoms with Crippen LogP contribution in [0.2, 0.25) is 0 Å². The van der Waals surface area contributed by atoms with Gasteiger partial charge in [0, 0.05) is 6.42 Å². The number of esters is 1. The minimum Gasteiger partial charge on any atom is -0.460 e. The van der Waals surface area contributed by atoms with Crippen molar-refractivity contribution in [3.8, 4) is 0 Å². The van der Waals surface area contributed by atoms with Crippen LogP contribution in [0.15, 0.2) is 11.6 Å². The van der Waals surface area contributed by atoms with Crippen LogP contribution in [0.25, 0.3) is 0 Å². The van der Waals surface area contributed by atoms with Crippen molar-refractivity contribution in [3.05, 3.63) is 11.6 Å². The van der Waals surface area contributed by atoms with E-state index in [1.165, 1.54) is 5.57 Å². The van der Waals surface area contributed by atoms with Crippen LogP contribution in [0.4, 0.5) is 0 Å². The van der Waals surface area contributed by atoms with Gasteiger partial charge in [0.1, 0.15) is 5.60 Å². The second-order valence-corrected chi connectivity index (χ2v) is 4.22. The molecule has 0 amide bonds. The third-order valence-electron chi connectivity index (χ3n) is 1.64. The molecule has 0 rings (SSSR count). The summed E-state index contributed by atoms with van der Waals surface area (Å²) in [6.45, 7) is 9.64. The van der Waals surface area contributed by atoms with Crippen molar-refractivity contribution >= 4 is 5.97 Å². The largest absolute Gasteiger partial charge is 0.460 e. The van der Waals surface area contributed by atoms with Gasteiger partial charge in [-0.1, -0.05) is 11.6 Å². The second kappa shape index (κ2) is 5.05. The molecule has 0 saturated heterocycles. The summed E-state index contributed by atoms with van der Waals surface area (Å²) < 4.78 is 5.17. The van der Waals surface area contributed by atoms with Crippen LogP contribution in [-0.4, -0.2) is 11.6 Å². The van der Waals surface area contributed by atoms with Gasteiger partial charge in [-0.3, -0.25) is 4.79 Å². The number of allylic oxidation sites excluding steroid dienone is 2. The Morgan fingerprint density at radius 1 is 1.31 bits per heavy atom.